The molecule has 0 unspecified atom stereocenters. The molecule has 3 nitrogen and oxygen atoms in total. The highest BCUT2D eigenvalue weighted by Gasteiger charge is 1.95. The maximum Gasteiger partial charge on any atom is 0.0760 e. The van der Waals surface area contributed by atoms with Crippen molar-refractivity contribution in [2.45, 2.75) is 38.8 Å². The molecule has 0 aliphatic rings. The SMILES string of the molecule is C=CCCCCCn1ccc(CN)n1. The lowest BCUT2D eigenvalue weighted by molar-refractivity contribution is 0.541. The van der Waals surface area contributed by atoms with Crippen molar-refractivity contribution in [1.29, 1.82) is 0 Å². The standard InChI is InChI=1S/C11H19N3/c1-2-3-4-5-6-8-14-9-7-11(10-12)13-14/h2,7,9H,1,3-6,8,10,12H2. The summed E-state index contributed by atoms with van der Waals surface area (Å²) in [6.45, 7) is 5.23. The third kappa shape index (κ3) is 3.75. The zero-order chi connectivity index (χ0) is 10.2. The van der Waals surface area contributed by atoms with E-state index in [2.05, 4.69) is 11.7 Å². The van der Waals surface area contributed by atoms with Crippen molar-refractivity contribution < 1.29 is 0 Å². The van der Waals surface area contributed by atoms with E-state index in [9.17, 15) is 0 Å². The summed E-state index contributed by atoms with van der Waals surface area (Å²) < 4.78 is 1.97. The number of allylic oxidation sites excluding steroid dienone is 1. The smallest absolute Gasteiger partial charge is 0.0760 e. The van der Waals surface area contributed by atoms with E-state index in [1.54, 1.807) is 0 Å². The van der Waals surface area contributed by atoms with Gasteiger partial charge in [0.05, 0.1) is 5.69 Å². The van der Waals surface area contributed by atoms with E-state index in [-0.39, 0.29) is 0 Å². The molecule has 0 aliphatic carbocycles. The van der Waals surface area contributed by atoms with Crippen LogP contribution in [0.4, 0.5) is 0 Å². The van der Waals surface area contributed by atoms with Gasteiger partial charge in [0.15, 0.2) is 0 Å². The van der Waals surface area contributed by atoms with Crippen LogP contribution in [0.15, 0.2) is 24.9 Å². The van der Waals surface area contributed by atoms with E-state index >= 15 is 0 Å². The molecule has 78 valence electrons. The van der Waals surface area contributed by atoms with Gasteiger partial charge in [-0.2, -0.15) is 5.10 Å². The first-order valence-corrected chi connectivity index (χ1v) is 5.20. The first-order chi connectivity index (χ1) is 6.86. The van der Waals surface area contributed by atoms with Crippen molar-refractivity contribution in [3.8, 4) is 0 Å². The normalized spacial score (nSPS) is 10.4. The second-order valence-corrected chi connectivity index (χ2v) is 3.41. The number of aromatic nitrogens is 2. The number of unbranched alkanes of at least 4 members (excludes halogenated alkanes) is 3. The van der Waals surface area contributed by atoms with Gasteiger partial charge in [-0.25, -0.2) is 0 Å². The van der Waals surface area contributed by atoms with Crippen LogP contribution in [0, 0.1) is 0 Å². The van der Waals surface area contributed by atoms with Gasteiger partial charge in [0, 0.05) is 19.3 Å². The second-order valence-electron chi connectivity index (χ2n) is 3.41. The minimum atomic E-state index is 0.531. The molecule has 1 aromatic rings. The Bertz CT molecular complexity index is 265. The maximum atomic E-state index is 5.47. The van der Waals surface area contributed by atoms with Crippen LogP contribution < -0.4 is 5.73 Å². The second kappa shape index (κ2) is 6.38. The van der Waals surface area contributed by atoms with Crippen molar-refractivity contribution in [1.82, 2.24) is 9.78 Å². The molecule has 0 saturated heterocycles. The molecule has 0 radical (unpaired) electrons. The summed E-state index contributed by atoms with van der Waals surface area (Å²) in [5.74, 6) is 0. The molecule has 1 aromatic heterocycles. The van der Waals surface area contributed by atoms with E-state index < -0.39 is 0 Å². The van der Waals surface area contributed by atoms with Gasteiger partial charge in [-0.15, -0.1) is 6.58 Å². The Labute approximate surface area is 85.6 Å². The third-order valence-electron chi connectivity index (χ3n) is 2.20. The highest BCUT2D eigenvalue weighted by atomic mass is 15.3. The molecule has 0 atom stereocenters. The van der Waals surface area contributed by atoms with Crippen LogP contribution in [0.2, 0.25) is 0 Å². The van der Waals surface area contributed by atoms with Gasteiger partial charge < -0.3 is 5.73 Å². The Hall–Kier alpha value is -1.09. The third-order valence-corrected chi connectivity index (χ3v) is 2.20. The van der Waals surface area contributed by atoms with E-state index in [4.69, 9.17) is 5.73 Å². The van der Waals surface area contributed by atoms with Gasteiger partial charge in [0.2, 0.25) is 0 Å². The fraction of sp³-hybridized carbons (Fsp3) is 0.545. The first kappa shape index (κ1) is 11.0. The summed E-state index contributed by atoms with van der Waals surface area (Å²) in [5.41, 5.74) is 6.44. The first-order valence-electron chi connectivity index (χ1n) is 5.20. The molecule has 2 N–H and O–H groups in total. The summed E-state index contributed by atoms with van der Waals surface area (Å²) in [6.07, 6.45) is 8.74. The predicted molar refractivity (Wildman–Crippen MR) is 58.8 cm³/mol. The average molecular weight is 193 g/mol. The zero-order valence-electron chi connectivity index (χ0n) is 8.65. The number of rotatable bonds is 7. The van der Waals surface area contributed by atoms with Crippen LogP contribution in [-0.4, -0.2) is 9.78 Å². The molecular weight excluding hydrogens is 174 g/mol. The molecule has 0 amide bonds. The van der Waals surface area contributed by atoms with Gasteiger partial charge in [-0.05, 0) is 25.3 Å². The fourth-order valence-corrected chi connectivity index (χ4v) is 1.38. The molecule has 1 rings (SSSR count). The summed E-state index contributed by atoms with van der Waals surface area (Å²) in [4.78, 5) is 0. The van der Waals surface area contributed by atoms with Gasteiger partial charge >= 0.3 is 0 Å². The minimum Gasteiger partial charge on any atom is -0.325 e. The van der Waals surface area contributed by atoms with Crippen molar-refractivity contribution in [3.05, 3.63) is 30.6 Å². The molecule has 3 heteroatoms. The lowest BCUT2D eigenvalue weighted by Crippen LogP contribution is -2.02. The molecule has 0 aliphatic heterocycles. The molecule has 0 saturated carbocycles. The van der Waals surface area contributed by atoms with Crippen molar-refractivity contribution in [2.24, 2.45) is 5.73 Å². The van der Waals surface area contributed by atoms with Gasteiger partial charge in [-0.3, -0.25) is 4.68 Å². The monoisotopic (exact) mass is 193 g/mol. The van der Waals surface area contributed by atoms with Crippen molar-refractivity contribution in [3.63, 3.8) is 0 Å². The molecule has 14 heavy (non-hydrogen) atoms. The molecule has 0 fully saturated rings. The van der Waals surface area contributed by atoms with E-state index in [1.807, 2.05) is 23.0 Å². The largest absolute Gasteiger partial charge is 0.325 e. The van der Waals surface area contributed by atoms with Gasteiger partial charge in [0.1, 0.15) is 0 Å². The fourth-order valence-electron chi connectivity index (χ4n) is 1.38. The van der Waals surface area contributed by atoms with Crippen LogP contribution in [-0.2, 0) is 13.1 Å². The summed E-state index contributed by atoms with van der Waals surface area (Å²) >= 11 is 0. The van der Waals surface area contributed by atoms with Crippen LogP contribution in [0.5, 0.6) is 0 Å². The van der Waals surface area contributed by atoms with Crippen molar-refractivity contribution in [2.75, 3.05) is 0 Å². The summed E-state index contributed by atoms with van der Waals surface area (Å²) in [7, 11) is 0. The number of nitrogens with zero attached hydrogens (tertiary/aromatic N) is 2. The van der Waals surface area contributed by atoms with Gasteiger partial charge in [0.25, 0.3) is 0 Å². The van der Waals surface area contributed by atoms with Crippen LogP contribution in [0.25, 0.3) is 0 Å². The Kier molecular flexibility index (Phi) is 5.00. The molecule has 0 aromatic carbocycles. The predicted octanol–water partition coefficient (Wildman–Crippen LogP) is 2.09. The highest BCUT2D eigenvalue weighted by Crippen LogP contribution is 2.02. The van der Waals surface area contributed by atoms with Crippen LogP contribution in [0.3, 0.4) is 0 Å². The lowest BCUT2D eigenvalue weighted by atomic mass is 10.2. The molecule has 0 bridgehead atoms. The summed E-state index contributed by atoms with van der Waals surface area (Å²) in [5, 5.41) is 4.32. The topological polar surface area (TPSA) is 43.8 Å². The van der Waals surface area contributed by atoms with E-state index in [1.165, 1.54) is 19.3 Å². The average Bonchev–Trinajstić information content (AvgIpc) is 2.65. The van der Waals surface area contributed by atoms with Crippen LogP contribution in [0.1, 0.15) is 31.4 Å². The lowest BCUT2D eigenvalue weighted by Gasteiger charge is -2.00. The quantitative estimate of drug-likeness (QED) is 0.532. The Balaban J connectivity index is 2.14. The van der Waals surface area contributed by atoms with Gasteiger partial charge in [-0.1, -0.05) is 12.5 Å². The summed E-state index contributed by atoms with van der Waals surface area (Å²) in [6, 6.07) is 1.98. The molecular formula is C11H19N3. The van der Waals surface area contributed by atoms with Crippen molar-refractivity contribution >= 4 is 0 Å². The highest BCUT2D eigenvalue weighted by molar-refractivity contribution is 4.97. The minimum absolute atomic E-state index is 0.531. The number of hydrogen-bond donors (Lipinski definition) is 1. The number of nitrogens with two attached hydrogens (primary N) is 1. The maximum absolute atomic E-state index is 5.47. The zero-order valence-corrected chi connectivity index (χ0v) is 8.65. The number of hydrogen-bond acceptors (Lipinski definition) is 2. The Morgan fingerprint density at radius 1 is 1.43 bits per heavy atom. The number of aryl methyl sites for hydroxylation is 1. The Morgan fingerprint density at radius 2 is 2.29 bits per heavy atom. The Morgan fingerprint density at radius 3 is 2.93 bits per heavy atom. The molecule has 1 heterocycles. The van der Waals surface area contributed by atoms with Crippen LogP contribution >= 0.6 is 0 Å². The molecule has 0 spiro atoms. The van der Waals surface area contributed by atoms with E-state index in [0.717, 1.165) is 18.7 Å². The van der Waals surface area contributed by atoms with E-state index in [0.29, 0.717) is 6.54 Å².